The quantitative estimate of drug-likeness (QED) is 0.847. The highest BCUT2D eigenvalue weighted by molar-refractivity contribution is 9.10. The van der Waals surface area contributed by atoms with Crippen molar-refractivity contribution in [3.63, 3.8) is 0 Å². The summed E-state index contributed by atoms with van der Waals surface area (Å²) < 4.78 is 1.09. The molecule has 1 aliphatic carbocycles. The maximum Gasteiger partial charge on any atom is 0.0451 e. The van der Waals surface area contributed by atoms with Gasteiger partial charge in [0.1, 0.15) is 0 Å². The van der Waals surface area contributed by atoms with Gasteiger partial charge < -0.3 is 5.32 Å². The number of hydrogen-bond donors (Lipinski definition) is 1. The van der Waals surface area contributed by atoms with Gasteiger partial charge in [-0.1, -0.05) is 41.4 Å². The molecular weight excluding hydrogens is 298 g/mol. The van der Waals surface area contributed by atoms with E-state index in [0.29, 0.717) is 11.5 Å². The number of nitrogens with one attached hydrogen (secondary N) is 1. The highest BCUT2D eigenvalue weighted by atomic mass is 79.9. The van der Waals surface area contributed by atoms with Gasteiger partial charge in [-0.2, -0.15) is 0 Å². The fraction of sp³-hybridized carbons (Fsp3) is 0.571. The predicted molar refractivity (Wildman–Crippen MR) is 77.4 cm³/mol. The summed E-state index contributed by atoms with van der Waals surface area (Å²) in [5.41, 5.74) is 1.67. The Labute approximate surface area is 117 Å². The van der Waals surface area contributed by atoms with Gasteiger partial charge in [0.25, 0.3) is 0 Å². The third kappa shape index (κ3) is 3.70. The first-order chi connectivity index (χ1) is 7.96. The van der Waals surface area contributed by atoms with Crippen LogP contribution in [0.2, 0.25) is 5.02 Å². The Hall–Kier alpha value is -0.0500. The molecule has 0 amide bonds. The normalized spacial score (nSPS) is 22.9. The van der Waals surface area contributed by atoms with Crippen molar-refractivity contribution in [2.45, 2.75) is 45.7 Å². The molecule has 1 aliphatic rings. The smallest absolute Gasteiger partial charge is 0.0451 e. The molecule has 0 aliphatic heterocycles. The van der Waals surface area contributed by atoms with Crippen LogP contribution >= 0.6 is 27.5 Å². The third-order valence-corrected chi connectivity index (χ3v) is 4.42. The lowest BCUT2D eigenvalue weighted by atomic mass is 9.92. The standard InChI is InChI=1S/C14H19BrClN/c1-14(2)6-5-12(8-14)17-9-10-7-11(15)3-4-13(10)16/h3-4,7,12,17H,5-6,8-9H2,1-2H3. The van der Waals surface area contributed by atoms with Gasteiger partial charge in [-0.25, -0.2) is 0 Å². The largest absolute Gasteiger partial charge is 0.310 e. The fourth-order valence-corrected chi connectivity index (χ4v) is 3.14. The van der Waals surface area contributed by atoms with Crippen molar-refractivity contribution in [1.82, 2.24) is 5.32 Å². The van der Waals surface area contributed by atoms with Gasteiger partial charge >= 0.3 is 0 Å². The van der Waals surface area contributed by atoms with Crippen LogP contribution in [0.5, 0.6) is 0 Å². The molecule has 1 aromatic rings. The zero-order valence-electron chi connectivity index (χ0n) is 10.4. The molecule has 0 bridgehead atoms. The van der Waals surface area contributed by atoms with E-state index in [4.69, 9.17) is 11.6 Å². The Morgan fingerprint density at radius 2 is 2.24 bits per heavy atom. The molecule has 0 saturated heterocycles. The minimum absolute atomic E-state index is 0.499. The number of benzene rings is 1. The summed E-state index contributed by atoms with van der Waals surface area (Å²) in [6.07, 6.45) is 3.86. The maximum atomic E-state index is 6.18. The lowest BCUT2D eigenvalue weighted by molar-refractivity contribution is 0.364. The Morgan fingerprint density at radius 3 is 2.88 bits per heavy atom. The number of halogens is 2. The van der Waals surface area contributed by atoms with Crippen molar-refractivity contribution in [3.05, 3.63) is 33.3 Å². The number of rotatable bonds is 3. The highest BCUT2D eigenvalue weighted by Crippen LogP contribution is 2.37. The second-order valence-electron chi connectivity index (χ2n) is 5.72. The molecule has 1 atom stereocenters. The molecule has 3 heteroatoms. The molecule has 1 unspecified atom stereocenters. The topological polar surface area (TPSA) is 12.0 Å². The van der Waals surface area contributed by atoms with E-state index in [9.17, 15) is 0 Å². The summed E-state index contributed by atoms with van der Waals surface area (Å²) in [5, 5.41) is 4.46. The minimum Gasteiger partial charge on any atom is -0.310 e. The van der Waals surface area contributed by atoms with E-state index < -0.39 is 0 Å². The summed E-state index contributed by atoms with van der Waals surface area (Å²) in [6.45, 7) is 5.56. The monoisotopic (exact) mass is 315 g/mol. The molecule has 1 aromatic carbocycles. The Kier molecular flexibility index (Phi) is 4.17. The molecule has 1 nitrogen and oxygen atoms in total. The van der Waals surface area contributed by atoms with Gasteiger partial charge in [-0.15, -0.1) is 0 Å². The lowest BCUT2D eigenvalue weighted by Crippen LogP contribution is -2.26. The maximum absolute atomic E-state index is 6.18. The Balaban J connectivity index is 1.92. The highest BCUT2D eigenvalue weighted by Gasteiger charge is 2.30. The van der Waals surface area contributed by atoms with Crippen LogP contribution in [0.4, 0.5) is 0 Å². The molecule has 0 radical (unpaired) electrons. The van der Waals surface area contributed by atoms with E-state index in [-0.39, 0.29) is 0 Å². The zero-order chi connectivity index (χ0) is 12.5. The van der Waals surface area contributed by atoms with E-state index in [1.54, 1.807) is 0 Å². The summed E-state index contributed by atoms with van der Waals surface area (Å²) in [6, 6.07) is 6.65. The van der Waals surface area contributed by atoms with E-state index in [1.165, 1.54) is 24.8 Å². The van der Waals surface area contributed by atoms with Gasteiger partial charge in [0, 0.05) is 22.1 Å². The van der Waals surface area contributed by atoms with Crippen molar-refractivity contribution in [3.8, 4) is 0 Å². The van der Waals surface area contributed by atoms with Gasteiger partial charge in [-0.05, 0) is 48.4 Å². The van der Waals surface area contributed by atoms with Crippen LogP contribution < -0.4 is 5.32 Å². The molecular formula is C14H19BrClN. The van der Waals surface area contributed by atoms with Crippen molar-refractivity contribution in [1.29, 1.82) is 0 Å². The number of hydrogen-bond acceptors (Lipinski definition) is 1. The van der Waals surface area contributed by atoms with Crippen LogP contribution in [0.3, 0.4) is 0 Å². The third-order valence-electron chi connectivity index (χ3n) is 3.56. The summed E-state index contributed by atoms with van der Waals surface area (Å²) >= 11 is 9.66. The summed E-state index contributed by atoms with van der Waals surface area (Å²) in [4.78, 5) is 0. The summed E-state index contributed by atoms with van der Waals surface area (Å²) in [7, 11) is 0. The Morgan fingerprint density at radius 1 is 1.47 bits per heavy atom. The van der Waals surface area contributed by atoms with Crippen molar-refractivity contribution in [2.75, 3.05) is 0 Å². The minimum atomic E-state index is 0.499. The molecule has 1 saturated carbocycles. The van der Waals surface area contributed by atoms with Gasteiger partial charge in [0.05, 0.1) is 0 Å². The predicted octanol–water partition coefficient (Wildman–Crippen LogP) is 4.77. The first-order valence-electron chi connectivity index (χ1n) is 6.14. The van der Waals surface area contributed by atoms with Gasteiger partial charge in [0.2, 0.25) is 0 Å². The van der Waals surface area contributed by atoms with E-state index in [1.807, 2.05) is 12.1 Å². The van der Waals surface area contributed by atoms with Crippen molar-refractivity contribution >= 4 is 27.5 Å². The molecule has 0 aromatic heterocycles. The first kappa shape index (κ1) is 13.4. The average Bonchev–Trinajstić information content (AvgIpc) is 2.60. The van der Waals surface area contributed by atoms with E-state index >= 15 is 0 Å². The molecule has 17 heavy (non-hydrogen) atoms. The molecule has 1 fully saturated rings. The second-order valence-corrected chi connectivity index (χ2v) is 7.04. The van der Waals surface area contributed by atoms with E-state index in [0.717, 1.165) is 16.0 Å². The zero-order valence-corrected chi connectivity index (χ0v) is 12.7. The Bertz CT molecular complexity index is 403. The van der Waals surface area contributed by atoms with Crippen LogP contribution in [0, 0.1) is 5.41 Å². The average molecular weight is 317 g/mol. The molecule has 0 heterocycles. The van der Waals surface area contributed by atoms with Crippen LogP contribution in [0.1, 0.15) is 38.7 Å². The van der Waals surface area contributed by atoms with Crippen LogP contribution in [-0.2, 0) is 6.54 Å². The first-order valence-corrected chi connectivity index (χ1v) is 7.31. The molecule has 94 valence electrons. The van der Waals surface area contributed by atoms with Crippen molar-refractivity contribution < 1.29 is 0 Å². The SMILES string of the molecule is CC1(C)CCC(NCc2cc(Br)ccc2Cl)C1. The lowest BCUT2D eigenvalue weighted by Gasteiger charge is -2.18. The molecule has 0 spiro atoms. The second kappa shape index (κ2) is 5.29. The summed E-state index contributed by atoms with van der Waals surface area (Å²) in [5.74, 6) is 0. The van der Waals surface area contributed by atoms with E-state index in [2.05, 4.69) is 41.2 Å². The molecule has 2 rings (SSSR count). The fourth-order valence-electron chi connectivity index (χ4n) is 2.54. The van der Waals surface area contributed by atoms with Crippen LogP contribution in [0.15, 0.2) is 22.7 Å². The van der Waals surface area contributed by atoms with Crippen molar-refractivity contribution in [2.24, 2.45) is 5.41 Å². The van der Waals surface area contributed by atoms with Gasteiger partial charge in [0.15, 0.2) is 0 Å². The molecule has 1 N–H and O–H groups in total. The van der Waals surface area contributed by atoms with Crippen LogP contribution in [0.25, 0.3) is 0 Å². The van der Waals surface area contributed by atoms with Gasteiger partial charge in [-0.3, -0.25) is 0 Å². The van der Waals surface area contributed by atoms with Crippen LogP contribution in [-0.4, -0.2) is 6.04 Å².